The number of phenols is 1. The van der Waals surface area contributed by atoms with Crippen molar-refractivity contribution in [2.75, 3.05) is 20.6 Å². The van der Waals surface area contributed by atoms with Crippen LogP contribution in [0.1, 0.15) is 73.0 Å². The maximum Gasteiger partial charge on any atom is 0.257 e. The first-order chi connectivity index (χ1) is 18.5. The lowest BCUT2D eigenvalue weighted by atomic mass is 9.74. The highest BCUT2D eigenvalue weighted by molar-refractivity contribution is 5.97. The predicted molar refractivity (Wildman–Crippen MR) is 156 cm³/mol. The Hall–Kier alpha value is -3.11. The number of nitrogens with zero attached hydrogens (tertiary/aromatic N) is 2. The summed E-state index contributed by atoms with van der Waals surface area (Å²) in [7, 11) is 4.38. The minimum atomic E-state index is -0.0483. The fourth-order valence-corrected chi connectivity index (χ4v) is 6.40. The van der Waals surface area contributed by atoms with Crippen LogP contribution in [0.2, 0.25) is 0 Å². The molecule has 0 spiro atoms. The van der Waals surface area contributed by atoms with Crippen molar-refractivity contribution < 1.29 is 9.90 Å². The largest absolute Gasteiger partial charge is 0.507 e. The quantitative estimate of drug-likeness (QED) is 0.273. The number of aryl methyl sites for hydroxylation is 1. The Kier molecular flexibility index (Phi) is 10.0. The summed E-state index contributed by atoms with van der Waals surface area (Å²) in [5, 5.41) is 10.4. The van der Waals surface area contributed by atoms with E-state index in [2.05, 4.69) is 80.5 Å². The van der Waals surface area contributed by atoms with E-state index in [0.717, 1.165) is 32.1 Å². The van der Waals surface area contributed by atoms with E-state index in [9.17, 15) is 9.90 Å². The summed E-state index contributed by atoms with van der Waals surface area (Å²) in [4.78, 5) is 18.1. The second kappa shape index (κ2) is 13.6. The normalized spacial score (nSPS) is 19.2. The van der Waals surface area contributed by atoms with E-state index in [1.54, 1.807) is 18.2 Å². The molecule has 2 atom stereocenters. The van der Waals surface area contributed by atoms with Gasteiger partial charge in [-0.15, -0.1) is 0 Å². The van der Waals surface area contributed by atoms with E-state index in [1.165, 1.54) is 24.0 Å². The number of hydrogen-bond donors (Lipinski definition) is 1. The van der Waals surface area contributed by atoms with E-state index in [1.807, 2.05) is 17.0 Å². The van der Waals surface area contributed by atoms with E-state index in [0.29, 0.717) is 30.0 Å². The van der Waals surface area contributed by atoms with Gasteiger partial charge in [0, 0.05) is 18.6 Å². The molecule has 0 aromatic heterocycles. The van der Waals surface area contributed by atoms with Crippen LogP contribution in [-0.2, 0) is 6.42 Å². The maximum atomic E-state index is 13.7. The average molecular weight is 513 g/mol. The van der Waals surface area contributed by atoms with Gasteiger partial charge in [-0.2, -0.15) is 0 Å². The number of amides is 1. The number of hydrogen-bond acceptors (Lipinski definition) is 3. The third kappa shape index (κ3) is 7.05. The molecule has 4 nitrogen and oxygen atoms in total. The van der Waals surface area contributed by atoms with Crippen LogP contribution in [0.4, 0.5) is 0 Å². The SMILES string of the molecule is CC(C1CCC(C(c2ccccc2)N(C)C)CC1)N(CCCCc1ccccc1)C(=O)c1ccccc1O. The highest BCUT2D eigenvalue weighted by Crippen LogP contribution is 2.41. The zero-order valence-corrected chi connectivity index (χ0v) is 23.3. The van der Waals surface area contributed by atoms with Gasteiger partial charge in [-0.3, -0.25) is 4.79 Å². The zero-order valence-electron chi connectivity index (χ0n) is 23.3. The topological polar surface area (TPSA) is 43.8 Å². The van der Waals surface area contributed by atoms with Crippen molar-refractivity contribution in [3.8, 4) is 5.75 Å². The Bertz CT molecular complexity index is 1120. The smallest absolute Gasteiger partial charge is 0.257 e. The molecular formula is C34H44N2O2. The standard InChI is InChI=1S/C34H44N2O2/c1-26(28-21-23-30(24-22-28)33(35(2)3)29-17-8-5-9-18-29)36(34(38)31-19-10-11-20-32(31)37)25-13-12-16-27-14-6-4-7-15-27/h4-11,14-15,17-20,26,28,30,33,37H,12-13,16,21-25H2,1-3H3. The minimum Gasteiger partial charge on any atom is -0.507 e. The molecular weight excluding hydrogens is 468 g/mol. The lowest BCUT2D eigenvalue weighted by molar-refractivity contribution is 0.0538. The monoisotopic (exact) mass is 512 g/mol. The van der Waals surface area contributed by atoms with E-state index in [-0.39, 0.29) is 17.7 Å². The van der Waals surface area contributed by atoms with Gasteiger partial charge in [-0.25, -0.2) is 0 Å². The number of unbranched alkanes of at least 4 members (excludes halogenated alkanes) is 1. The summed E-state index contributed by atoms with van der Waals surface area (Å²) in [6.07, 6.45) is 7.58. The van der Waals surface area contributed by atoms with Gasteiger partial charge in [0.25, 0.3) is 5.91 Å². The Morgan fingerprint density at radius 3 is 2.03 bits per heavy atom. The van der Waals surface area contributed by atoms with Gasteiger partial charge >= 0.3 is 0 Å². The predicted octanol–water partition coefficient (Wildman–Crippen LogP) is 7.36. The van der Waals surface area contributed by atoms with Crippen LogP contribution in [0, 0.1) is 11.8 Å². The second-order valence-electron chi connectivity index (χ2n) is 11.2. The Balaban J connectivity index is 1.42. The number of para-hydroxylation sites is 1. The van der Waals surface area contributed by atoms with E-state index in [4.69, 9.17) is 0 Å². The van der Waals surface area contributed by atoms with Gasteiger partial charge < -0.3 is 14.9 Å². The molecule has 1 N–H and O–H groups in total. The summed E-state index contributed by atoms with van der Waals surface area (Å²) in [6, 6.07) is 28.9. The molecule has 202 valence electrons. The zero-order chi connectivity index (χ0) is 26.9. The van der Waals surface area contributed by atoms with Crippen molar-refractivity contribution >= 4 is 5.91 Å². The average Bonchev–Trinajstić information content (AvgIpc) is 2.94. The first kappa shape index (κ1) is 27.9. The lowest BCUT2D eigenvalue weighted by Gasteiger charge is -2.42. The molecule has 3 aromatic rings. The summed E-state index contributed by atoms with van der Waals surface area (Å²) in [5.74, 6) is 1.10. The van der Waals surface area contributed by atoms with E-state index >= 15 is 0 Å². The van der Waals surface area contributed by atoms with Crippen LogP contribution >= 0.6 is 0 Å². The highest BCUT2D eigenvalue weighted by Gasteiger charge is 2.35. The van der Waals surface area contributed by atoms with Crippen LogP contribution < -0.4 is 0 Å². The fourth-order valence-electron chi connectivity index (χ4n) is 6.40. The summed E-state index contributed by atoms with van der Waals surface area (Å²) in [6.45, 7) is 2.94. The van der Waals surface area contributed by atoms with Crippen LogP contribution in [0.5, 0.6) is 5.75 Å². The van der Waals surface area contributed by atoms with Crippen molar-refractivity contribution in [3.05, 3.63) is 102 Å². The van der Waals surface area contributed by atoms with Crippen LogP contribution in [-0.4, -0.2) is 47.5 Å². The molecule has 1 aliphatic carbocycles. The molecule has 1 amide bonds. The number of phenolic OH excluding ortho intramolecular Hbond substituents is 1. The van der Waals surface area contributed by atoms with Gasteiger partial charge in [0.1, 0.15) is 5.75 Å². The van der Waals surface area contributed by atoms with Crippen molar-refractivity contribution in [2.24, 2.45) is 11.8 Å². The van der Waals surface area contributed by atoms with Gasteiger partial charge in [0.15, 0.2) is 0 Å². The molecule has 0 heterocycles. The van der Waals surface area contributed by atoms with Gasteiger partial charge in [0.2, 0.25) is 0 Å². The fraction of sp³-hybridized carbons (Fsp3) is 0.441. The highest BCUT2D eigenvalue weighted by atomic mass is 16.3. The van der Waals surface area contributed by atoms with Crippen LogP contribution in [0.3, 0.4) is 0 Å². The van der Waals surface area contributed by atoms with Crippen LogP contribution in [0.15, 0.2) is 84.9 Å². The first-order valence-electron chi connectivity index (χ1n) is 14.3. The summed E-state index contributed by atoms with van der Waals surface area (Å²) >= 11 is 0. The Morgan fingerprint density at radius 1 is 0.816 bits per heavy atom. The number of carbonyl (C=O) groups is 1. The first-order valence-corrected chi connectivity index (χ1v) is 14.3. The number of aromatic hydroxyl groups is 1. The Morgan fingerprint density at radius 2 is 1.39 bits per heavy atom. The minimum absolute atomic E-state index is 0.0483. The van der Waals surface area contributed by atoms with Gasteiger partial charge in [-0.1, -0.05) is 72.8 Å². The molecule has 3 aromatic carbocycles. The van der Waals surface area contributed by atoms with Crippen LogP contribution in [0.25, 0.3) is 0 Å². The van der Waals surface area contributed by atoms with Gasteiger partial charge in [-0.05, 0) is 101 Å². The molecule has 2 unspecified atom stereocenters. The molecule has 38 heavy (non-hydrogen) atoms. The van der Waals surface area contributed by atoms with Crippen molar-refractivity contribution in [2.45, 2.75) is 64.0 Å². The molecule has 0 saturated heterocycles. The van der Waals surface area contributed by atoms with E-state index < -0.39 is 0 Å². The second-order valence-corrected chi connectivity index (χ2v) is 11.2. The third-order valence-electron chi connectivity index (χ3n) is 8.49. The molecule has 0 bridgehead atoms. The molecule has 0 radical (unpaired) electrons. The molecule has 4 rings (SSSR count). The molecule has 0 aliphatic heterocycles. The van der Waals surface area contributed by atoms with Crippen molar-refractivity contribution in [1.82, 2.24) is 9.80 Å². The number of benzene rings is 3. The summed E-state index contributed by atoms with van der Waals surface area (Å²) < 4.78 is 0. The maximum absolute atomic E-state index is 13.7. The number of rotatable bonds is 11. The third-order valence-corrected chi connectivity index (χ3v) is 8.49. The Labute approximate surface area is 229 Å². The number of carbonyl (C=O) groups excluding carboxylic acids is 1. The van der Waals surface area contributed by atoms with Crippen molar-refractivity contribution in [3.63, 3.8) is 0 Å². The summed E-state index contributed by atoms with van der Waals surface area (Å²) in [5.41, 5.74) is 3.14. The van der Waals surface area contributed by atoms with Gasteiger partial charge in [0.05, 0.1) is 5.56 Å². The molecule has 4 heteroatoms. The van der Waals surface area contributed by atoms with Crippen molar-refractivity contribution in [1.29, 1.82) is 0 Å². The molecule has 1 saturated carbocycles. The molecule has 1 aliphatic rings. The lowest BCUT2D eigenvalue weighted by Crippen LogP contribution is -2.45. The molecule has 1 fully saturated rings.